The summed E-state index contributed by atoms with van der Waals surface area (Å²) in [7, 11) is 0. The van der Waals surface area contributed by atoms with Crippen LogP contribution >= 0.6 is 27.3 Å². The number of rotatable bonds is 5. The van der Waals surface area contributed by atoms with E-state index in [-0.39, 0.29) is 11.5 Å². The molecule has 0 bridgehead atoms. The van der Waals surface area contributed by atoms with E-state index in [2.05, 4.69) is 31.2 Å². The van der Waals surface area contributed by atoms with Crippen molar-refractivity contribution in [1.82, 2.24) is 20.0 Å². The molecule has 0 radical (unpaired) electrons. The van der Waals surface area contributed by atoms with Crippen LogP contribution in [0.3, 0.4) is 0 Å². The van der Waals surface area contributed by atoms with Crippen molar-refractivity contribution in [3.05, 3.63) is 58.1 Å². The summed E-state index contributed by atoms with van der Waals surface area (Å²) in [5.74, 6) is 0.589. The maximum atomic E-state index is 14.2. The summed E-state index contributed by atoms with van der Waals surface area (Å²) < 4.78 is 21.6. The van der Waals surface area contributed by atoms with Crippen LogP contribution in [0.5, 0.6) is 5.75 Å². The zero-order chi connectivity index (χ0) is 19.7. The van der Waals surface area contributed by atoms with E-state index in [1.165, 1.54) is 22.1 Å². The van der Waals surface area contributed by atoms with Gasteiger partial charge in [-0.25, -0.2) is 9.37 Å². The number of thiazole rings is 1. The number of hydrogen-bond acceptors (Lipinski definition) is 6. The second-order valence-electron chi connectivity index (χ2n) is 5.83. The molecule has 4 aromatic rings. The van der Waals surface area contributed by atoms with Crippen LogP contribution in [0.1, 0.15) is 6.92 Å². The first-order valence-corrected chi connectivity index (χ1v) is 10.1. The summed E-state index contributed by atoms with van der Waals surface area (Å²) in [5, 5.41) is 10.6. The molecule has 2 aromatic carbocycles. The average Bonchev–Trinajstić information content (AvgIpc) is 3.30. The summed E-state index contributed by atoms with van der Waals surface area (Å²) >= 11 is 4.64. The molecule has 0 aliphatic heterocycles. The van der Waals surface area contributed by atoms with Crippen LogP contribution in [-0.4, -0.2) is 26.6 Å². The number of nitrogens with two attached hydrogens (primary N) is 1. The Hall–Kier alpha value is -2.78. The topological polar surface area (TPSA) is 78.9 Å². The predicted molar refractivity (Wildman–Crippen MR) is 111 cm³/mol. The molecule has 2 N–H and O–H groups in total. The minimum absolute atomic E-state index is 0.225. The monoisotopic (exact) mass is 459 g/mol. The first kappa shape index (κ1) is 18.6. The van der Waals surface area contributed by atoms with Crippen molar-refractivity contribution in [3.8, 4) is 33.4 Å². The van der Waals surface area contributed by atoms with Crippen LogP contribution in [0.2, 0.25) is 0 Å². The molecular formula is C19H15BrFN5OS. The van der Waals surface area contributed by atoms with Gasteiger partial charge in [0.25, 0.3) is 0 Å². The Morgan fingerprint density at radius 2 is 2.00 bits per heavy atom. The van der Waals surface area contributed by atoms with Gasteiger partial charge >= 0.3 is 0 Å². The van der Waals surface area contributed by atoms with Gasteiger partial charge in [0.05, 0.1) is 12.3 Å². The Morgan fingerprint density at radius 1 is 1.21 bits per heavy atom. The highest BCUT2D eigenvalue weighted by Gasteiger charge is 2.18. The van der Waals surface area contributed by atoms with E-state index < -0.39 is 5.82 Å². The molecule has 0 fully saturated rings. The number of nitrogen functional groups attached to an aromatic ring is 1. The lowest BCUT2D eigenvalue weighted by Gasteiger charge is -2.04. The van der Waals surface area contributed by atoms with Gasteiger partial charge in [0.2, 0.25) is 0 Å². The van der Waals surface area contributed by atoms with Gasteiger partial charge in [-0.3, -0.25) is 0 Å². The third-order valence-electron chi connectivity index (χ3n) is 4.01. The number of halogens is 2. The van der Waals surface area contributed by atoms with Gasteiger partial charge in [0, 0.05) is 15.4 Å². The van der Waals surface area contributed by atoms with Gasteiger partial charge in [0.15, 0.2) is 11.5 Å². The number of ether oxygens (including phenoxy) is 1. The highest BCUT2D eigenvalue weighted by Crippen LogP contribution is 2.32. The number of anilines is 1. The van der Waals surface area contributed by atoms with Crippen molar-refractivity contribution in [2.24, 2.45) is 0 Å². The van der Waals surface area contributed by atoms with Crippen LogP contribution in [0.15, 0.2) is 52.3 Å². The van der Waals surface area contributed by atoms with E-state index in [4.69, 9.17) is 10.5 Å². The van der Waals surface area contributed by atoms with Crippen molar-refractivity contribution >= 4 is 33.1 Å². The molecule has 142 valence electrons. The molecule has 0 atom stereocenters. The Balaban J connectivity index is 1.65. The van der Waals surface area contributed by atoms with Crippen LogP contribution in [-0.2, 0) is 0 Å². The van der Waals surface area contributed by atoms with E-state index in [1.54, 1.807) is 12.1 Å². The number of aromatic nitrogens is 4. The number of hydrogen-bond donors (Lipinski definition) is 1. The molecule has 0 amide bonds. The van der Waals surface area contributed by atoms with Gasteiger partial charge in [0.1, 0.15) is 22.3 Å². The summed E-state index contributed by atoms with van der Waals surface area (Å²) in [6.07, 6.45) is 0. The Bertz CT molecular complexity index is 1130. The molecule has 0 aliphatic carbocycles. The molecule has 0 unspecified atom stereocenters. The third-order valence-corrected chi connectivity index (χ3v) is 5.35. The average molecular weight is 460 g/mol. The van der Waals surface area contributed by atoms with E-state index in [1.807, 2.05) is 36.6 Å². The highest BCUT2D eigenvalue weighted by atomic mass is 79.9. The summed E-state index contributed by atoms with van der Waals surface area (Å²) in [4.78, 5) is 4.61. The molecule has 9 heteroatoms. The van der Waals surface area contributed by atoms with Gasteiger partial charge in [-0.05, 0) is 49.4 Å². The zero-order valence-corrected chi connectivity index (χ0v) is 17.2. The smallest absolute Gasteiger partial charge is 0.165 e. The summed E-state index contributed by atoms with van der Waals surface area (Å²) in [5.41, 5.74) is 8.58. The quantitative estimate of drug-likeness (QED) is 0.457. The molecule has 0 spiro atoms. The van der Waals surface area contributed by atoms with Gasteiger partial charge in [-0.2, -0.15) is 4.68 Å². The Morgan fingerprint density at radius 3 is 2.71 bits per heavy atom. The molecule has 2 aromatic heterocycles. The summed E-state index contributed by atoms with van der Waals surface area (Å²) in [6.45, 7) is 2.56. The first-order valence-electron chi connectivity index (χ1n) is 8.42. The first-order chi connectivity index (χ1) is 13.6. The molecular weight excluding hydrogens is 445 g/mol. The molecule has 0 saturated carbocycles. The second-order valence-corrected chi connectivity index (χ2v) is 7.60. The zero-order valence-electron chi connectivity index (χ0n) is 14.8. The number of nitrogens with zero attached hydrogens (tertiary/aromatic N) is 4. The van der Waals surface area contributed by atoms with Crippen molar-refractivity contribution in [2.75, 3.05) is 12.3 Å². The lowest BCUT2D eigenvalue weighted by molar-refractivity contribution is 0.340. The summed E-state index contributed by atoms with van der Waals surface area (Å²) in [6, 6.07) is 12.3. The van der Waals surface area contributed by atoms with E-state index in [0.717, 1.165) is 17.0 Å². The van der Waals surface area contributed by atoms with Gasteiger partial charge in [-0.1, -0.05) is 21.1 Å². The Kier molecular flexibility index (Phi) is 5.10. The normalized spacial score (nSPS) is 11.0. The third kappa shape index (κ3) is 3.50. The maximum Gasteiger partial charge on any atom is 0.165 e. The Labute approximate surface area is 172 Å². The molecule has 28 heavy (non-hydrogen) atoms. The molecule has 6 nitrogen and oxygen atoms in total. The largest absolute Gasteiger partial charge is 0.494 e. The van der Waals surface area contributed by atoms with Crippen molar-refractivity contribution < 1.29 is 9.13 Å². The van der Waals surface area contributed by atoms with Crippen molar-refractivity contribution in [1.29, 1.82) is 0 Å². The number of benzene rings is 2. The van der Waals surface area contributed by atoms with Crippen LogP contribution in [0, 0.1) is 5.82 Å². The van der Waals surface area contributed by atoms with E-state index in [0.29, 0.717) is 21.8 Å². The molecule has 0 aliphatic rings. The van der Waals surface area contributed by atoms with Crippen LogP contribution < -0.4 is 10.5 Å². The second kappa shape index (κ2) is 7.69. The van der Waals surface area contributed by atoms with Crippen molar-refractivity contribution in [3.63, 3.8) is 0 Å². The molecule has 2 heterocycles. The fraction of sp³-hybridized carbons (Fsp3) is 0.105. The SMILES string of the molecule is CCOc1ccc(-c2csc(-c3nnn(-c4ccc(Br)cc4F)c3N)n2)cc1. The minimum atomic E-state index is -0.452. The van der Waals surface area contributed by atoms with Crippen molar-refractivity contribution in [2.45, 2.75) is 6.92 Å². The standard InChI is InChI=1S/C19H15BrFN5OS/c1-2-27-13-6-3-11(4-7-13)15-10-28-19(23-15)17-18(22)26(25-24-17)16-8-5-12(20)9-14(16)21/h3-10H,2,22H2,1H3. The van der Waals surface area contributed by atoms with Crippen LogP contribution in [0.4, 0.5) is 10.2 Å². The fourth-order valence-corrected chi connectivity index (χ4v) is 3.83. The van der Waals surface area contributed by atoms with E-state index >= 15 is 0 Å². The highest BCUT2D eigenvalue weighted by molar-refractivity contribution is 9.10. The van der Waals surface area contributed by atoms with E-state index in [9.17, 15) is 4.39 Å². The van der Waals surface area contributed by atoms with Crippen LogP contribution in [0.25, 0.3) is 27.6 Å². The maximum absolute atomic E-state index is 14.2. The fourth-order valence-electron chi connectivity index (χ4n) is 2.68. The van der Waals surface area contributed by atoms with Gasteiger partial charge < -0.3 is 10.5 Å². The predicted octanol–water partition coefficient (Wildman–Crippen LogP) is 4.94. The van der Waals surface area contributed by atoms with Gasteiger partial charge in [-0.15, -0.1) is 16.4 Å². The lowest BCUT2D eigenvalue weighted by Crippen LogP contribution is -2.04. The molecule has 4 rings (SSSR count). The molecule has 0 saturated heterocycles. The lowest BCUT2D eigenvalue weighted by atomic mass is 10.2. The minimum Gasteiger partial charge on any atom is -0.494 e.